The molecule has 84 valence electrons. The van der Waals surface area contributed by atoms with E-state index >= 15 is 0 Å². The maximum atomic E-state index is 4.73. The van der Waals surface area contributed by atoms with E-state index in [1.807, 2.05) is 0 Å². The molecule has 0 N–H and O–H groups in total. The minimum atomic E-state index is 0.530. The van der Waals surface area contributed by atoms with Crippen LogP contribution in [-0.4, -0.2) is 18.1 Å². The van der Waals surface area contributed by atoms with E-state index in [4.69, 9.17) is 4.99 Å². The average molecular weight is 206 g/mol. The van der Waals surface area contributed by atoms with Gasteiger partial charge in [0.2, 0.25) is 0 Å². The van der Waals surface area contributed by atoms with Crippen molar-refractivity contribution in [2.24, 2.45) is 9.98 Å². The zero-order valence-corrected chi connectivity index (χ0v) is 9.78. The zero-order chi connectivity index (χ0) is 10.9. The topological polar surface area (TPSA) is 24.7 Å². The summed E-state index contributed by atoms with van der Waals surface area (Å²) >= 11 is 0. The summed E-state index contributed by atoms with van der Waals surface area (Å²) in [4.78, 5) is 9.07. The summed E-state index contributed by atoms with van der Waals surface area (Å²) in [5.74, 6) is 1.00. The van der Waals surface area contributed by atoms with Gasteiger partial charge in [0.1, 0.15) is 5.84 Å². The van der Waals surface area contributed by atoms with Crippen molar-refractivity contribution in [3.05, 3.63) is 12.7 Å². The van der Waals surface area contributed by atoms with Crippen LogP contribution in [-0.2, 0) is 0 Å². The van der Waals surface area contributed by atoms with Gasteiger partial charge in [-0.2, -0.15) is 0 Å². The Morgan fingerprint density at radius 1 is 1.33 bits per heavy atom. The van der Waals surface area contributed by atoms with Gasteiger partial charge in [0.25, 0.3) is 0 Å². The molecular weight excluding hydrogens is 184 g/mol. The van der Waals surface area contributed by atoms with E-state index < -0.39 is 0 Å². The van der Waals surface area contributed by atoms with Gasteiger partial charge in [0, 0.05) is 12.6 Å². The van der Waals surface area contributed by atoms with Crippen molar-refractivity contribution >= 4 is 12.1 Å². The van der Waals surface area contributed by atoms with Gasteiger partial charge in [-0.15, -0.1) is 0 Å². The third-order valence-corrected chi connectivity index (χ3v) is 2.71. The summed E-state index contributed by atoms with van der Waals surface area (Å²) in [5, 5.41) is 0. The molecule has 15 heavy (non-hydrogen) atoms. The van der Waals surface area contributed by atoms with Crippen LogP contribution in [0.4, 0.5) is 0 Å². The fourth-order valence-corrected chi connectivity index (χ4v) is 1.95. The predicted molar refractivity (Wildman–Crippen MR) is 67.9 cm³/mol. The highest BCUT2D eigenvalue weighted by molar-refractivity contribution is 5.92. The van der Waals surface area contributed by atoms with E-state index in [-0.39, 0.29) is 0 Å². The molecule has 0 radical (unpaired) electrons. The number of hydrogen-bond acceptors (Lipinski definition) is 1. The Labute approximate surface area is 93.2 Å². The van der Waals surface area contributed by atoms with Crippen molar-refractivity contribution in [2.45, 2.75) is 57.9 Å². The number of rotatable bonds is 4. The Hall–Kier alpha value is -0.920. The number of hydrogen-bond donors (Lipinski definition) is 0. The summed E-state index contributed by atoms with van der Waals surface area (Å²) < 4.78 is 0. The number of allylic oxidation sites excluding steroid dienone is 1. The smallest absolute Gasteiger partial charge is 0.123 e. The fourth-order valence-electron chi connectivity index (χ4n) is 1.95. The van der Waals surface area contributed by atoms with Crippen LogP contribution < -0.4 is 0 Å². The quantitative estimate of drug-likeness (QED) is 0.494. The van der Waals surface area contributed by atoms with Crippen LogP contribution in [0.5, 0.6) is 0 Å². The van der Waals surface area contributed by atoms with Crippen molar-refractivity contribution in [3.8, 4) is 0 Å². The molecule has 0 aliphatic heterocycles. The van der Waals surface area contributed by atoms with Crippen LogP contribution in [0.25, 0.3) is 0 Å². The van der Waals surface area contributed by atoms with Gasteiger partial charge in [0.05, 0.1) is 6.04 Å². The second-order valence-electron chi connectivity index (χ2n) is 4.10. The Balaban J connectivity index is 2.54. The summed E-state index contributed by atoms with van der Waals surface area (Å²) in [6.45, 7) is 5.80. The maximum Gasteiger partial charge on any atom is 0.123 e. The Morgan fingerprint density at radius 2 is 2.07 bits per heavy atom. The Kier molecular flexibility index (Phi) is 5.98. The van der Waals surface area contributed by atoms with Crippen molar-refractivity contribution in [1.29, 1.82) is 0 Å². The van der Waals surface area contributed by atoms with E-state index in [2.05, 4.69) is 18.5 Å². The molecule has 0 aromatic heterocycles. The molecule has 1 aliphatic carbocycles. The summed E-state index contributed by atoms with van der Waals surface area (Å²) in [7, 11) is 0. The molecule has 2 heteroatoms. The minimum Gasteiger partial charge on any atom is -0.267 e. The van der Waals surface area contributed by atoms with E-state index in [1.54, 1.807) is 12.3 Å². The molecule has 2 nitrogen and oxygen atoms in total. The van der Waals surface area contributed by atoms with Gasteiger partial charge in [-0.25, -0.2) is 4.99 Å². The maximum absolute atomic E-state index is 4.73. The molecule has 0 atom stereocenters. The first-order valence-corrected chi connectivity index (χ1v) is 6.08. The first-order valence-electron chi connectivity index (χ1n) is 6.08. The molecule has 1 fully saturated rings. The van der Waals surface area contributed by atoms with Crippen LogP contribution in [0, 0.1) is 0 Å². The lowest BCUT2D eigenvalue weighted by atomic mass is 9.96. The summed E-state index contributed by atoms with van der Waals surface area (Å²) in [6.07, 6.45) is 12.1. The monoisotopic (exact) mass is 206 g/mol. The second-order valence-corrected chi connectivity index (χ2v) is 4.10. The summed E-state index contributed by atoms with van der Waals surface area (Å²) in [6, 6.07) is 0.530. The highest BCUT2D eigenvalue weighted by Gasteiger charge is 2.12. The molecule has 0 heterocycles. The van der Waals surface area contributed by atoms with Gasteiger partial charge in [-0.1, -0.05) is 38.8 Å². The van der Waals surface area contributed by atoms with E-state index in [0.717, 1.165) is 18.7 Å². The van der Waals surface area contributed by atoms with Gasteiger partial charge < -0.3 is 0 Å². The third-order valence-electron chi connectivity index (χ3n) is 2.71. The minimum absolute atomic E-state index is 0.530. The first-order chi connectivity index (χ1) is 7.36. The lowest BCUT2D eigenvalue weighted by Gasteiger charge is -2.18. The molecule has 0 saturated heterocycles. The van der Waals surface area contributed by atoms with Crippen LogP contribution >= 0.6 is 0 Å². The normalized spacial score (nSPS) is 19.7. The average Bonchev–Trinajstić information content (AvgIpc) is 2.28. The van der Waals surface area contributed by atoms with Crippen LogP contribution in [0.1, 0.15) is 51.9 Å². The fraction of sp³-hybridized carbons (Fsp3) is 0.692. The third kappa shape index (κ3) is 4.91. The molecule has 0 amide bonds. The molecule has 0 unspecified atom stereocenters. The van der Waals surface area contributed by atoms with E-state index in [0.29, 0.717) is 6.04 Å². The number of nitrogens with zero attached hydrogens (tertiary/aromatic N) is 2. The largest absolute Gasteiger partial charge is 0.267 e. The van der Waals surface area contributed by atoms with Crippen molar-refractivity contribution in [2.75, 3.05) is 0 Å². The SMILES string of the molecule is C=CC=NC(CCC)=NC1CCCCC1. The van der Waals surface area contributed by atoms with Crippen LogP contribution in [0.2, 0.25) is 0 Å². The van der Waals surface area contributed by atoms with Crippen molar-refractivity contribution in [3.63, 3.8) is 0 Å². The highest BCUT2D eigenvalue weighted by Crippen LogP contribution is 2.20. The molecule has 0 aromatic carbocycles. The molecule has 1 aliphatic rings. The predicted octanol–water partition coefficient (Wildman–Crippen LogP) is 3.77. The highest BCUT2D eigenvalue weighted by atomic mass is 14.9. The second kappa shape index (κ2) is 7.38. The molecule has 0 aromatic rings. The van der Waals surface area contributed by atoms with Crippen LogP contribution in [0.15, 0.2) is 22.6 Å². The number of aliphatic imine (C=N–C) groups is 2. The molecule has 1 saturated carbocycles. The van der Waals surface area contributed by atoms with Gasteiger partial charge >= 0.3 is 0 Å². The number of amidine groups is 1. The van der Waals surface area contributed by atoms with Crippen molar-refractivity contribution in [1.82, 2.24) is 0 Å². The van der Waals surface area contributed by atoms with Gasteiger partial charge in [-0.3, -0.25) is 4.99 Å². The molecule has 0 spiro atoms. The van der Waals surface area contributed by atoms with E-state index in [1.165, 1.54) is 32.1 Å². The lowest BCUT2D eigenvalue weighted by Crippen LogP contribution is -2.12. The molecule has 0 bridgehead atoms. The first kappa shape index (κ1) is 12.2. The van der Waals surface area contributed by atoms with Gasteiger partial charge in [0.15, 0.2) is 0 Å². The molecule has 1 rings (SSSR count). The Morgan fingerprint density at radius 3 is 2.67 bits per heavy atom. The summed E-state index contributed by atoms with van der Waals surface area (Å²) in [5.41, 5.74) is 0. The zero-order valence-electron chi connectivity index (χ0n) is 9.78. The standard InChI is InChI=1S/C13H22N2/c1-3-8-13(14-11-4-2)15-12-9-6-5-7-10-12/h4,11-12H,2-3,5-10H2,1H3. The Bertz CT molecular complexity index is 235. The van der Waals surface area contributed by atoms with Crippen molar-refractivity contribution < 1.29 is 0 Å². The lowest BCUT2D eigenvalue weighted by molar-refractivity contribution is 0.442. The van der Waals surface area contributed by atoms with Crippen LogP contribution in [0.3, 0.4) is 0 Å². The van der Waals surface area contributed by atoms with Gasteiger partial charge in [-0.05, 0) is 19.3 Å². The molecular formula is C13H22N2. The van der Waals surface area contributed by atoms with E-state index in [9.17, 15) is 0 Å².